The summed E-state index contributed by atoms with van der Waals surface area (Å²) in [6, 6.07) is 13.1. The second kappa shape index (κ2) is 5.06. The largest absolute Gasteiger partial charge is 0.478 e. The lowest BCUT2D eigenvalue weighted by atomic mass is 9.97. The highest BCUT2D eigenvalue weighted by Crippen LogP contribution is 2.31. The number of halogens is 1. The third-order valence-electron chi connectivity index (χ3n) is 3.17. The van der Waals surface area contributed by atoms with Crippen molar-refractivity contribution < 1.29 is 9.90 Å². The van der Waals surface area contributed by atoms with Crippen LogP contribution < -0.4 is 0 Å². The molecule has 0 spiro atoms. The maximum atomic E-state index is 11.4. The molecule has 0 fully saturated rings. The van der Waals surface area contributed by atoms with E-state index in [0.717, 1.165) is 20.8 Å². The summed E-state index contributed by atoms with van der Waals surface area (Å²) in [4.78, 5) is 15.6. The van der Waals surface area contributed by atoms with Crippen LogP contribution >= 0.6 is 15.9 Å². The molecule has 1 aromatic heterocycles. The van der Waals surface area contributed by atoms with Crippen molar-refractivity contribution in [3.05, 3.63) is 64.9 Å². The van der Waals surface area contributed by atoms with Crippen LogP contribution in [-0.2, 0) is 0 Å². The van der Waals surface area contributed by atoms with Crippen LogP contribution in [0.1, 0.15) is 10.4 Å². The maximum absolute atomic E-state index is 11.4. The minimum Gasteiger partial charge on any atom is -0.478 e. The molecule has 3 rings (SSSR count). The van der Waals surface area contributed by atoms with Gasteiger partial charge >= 0.3 is 5.97 Å². The van der Waals surface area contributed by atoms with Gasteiger partial charge in [-0.25, -0.2) is 4.79 Å². The average molecular weight is 328 g/mol. The number of hydrogen-bond acceptors (Lipinski definition) is 2. The Morgan fingerprint density at radius 3 is 2.65 bits per heavy atom. The zero-order valence-electron chi connectivity index (χ0n) is 10.4. The molecule has 1 heterocycles. The van der Waals surface area contributed by atoms with Crippen LogP contribution in [0.2, 0.25) is 0 Å². The van der Waals surface area contributed by atoms with E-state index in [2.05, 4.69) is 20.9 Å². The molecule has 0 saturated carbocycles. The molecule has 3 nitrogen and oxygen atoms in total. The molecule has 4 heteroatoms. The monoisotopic (exact) mass is 327 g/mol. The van der Waals surface area contributed by atoms with Crippen LogP contribution in [0.15, 0.2) is 59.3 Å². The van der Waals surface area contributed by atoms with E-state index in [0.29, 0.717) is 5.56 Å². The molecule has 0 atom stereocenters. The van der Waals surface area contributed by atoms with Crippen LogP contribution in [0.3, 0.4) is 0 Å². The molecular weight excluding hydrogens is 318 g/mol. The molecule has 0 amide bonds. The molecule has 3 aromatic rings. The molecule has 1 N–H and O–H groups in total. The van der Waals surface area contributed by atoms with Crippen LogP contribution in [0.4, 0.5) is 0 Å². The van der Waals surface area contributed by atoms with Gasteiger partial charge in [0.15, 0.2) is 0 Å². The van der Waals surface area contributed by atoms with Gasteiger partial charge in [-0.2, -0.15) is 0 Å². The lowest BCUT2D eigenvalue weighted by Gasteiger charge is -2.09. The predicted octanol–water partition coefficient (Wildman–Crippen LogP) is 4.36. The highest BCUT2D eigenvalue weighted by atomic mass is 79.9. The highest BCUT2D eigenvalue weighted by Gasteiger charge is 2.14. The van der Waals surface area contributed by atoms with Gasteiger partial charge in [0.2, 0.25) is 0 Å². The summed E-state index contributed by atoms with van der Waals surface area (Å²) in [7, 11) is 0. The summed E-state index contributed by atoms with van der Waals surface area (Å²) in [5.41, 5.74) is 1.76. The van der Waals surface area contributed by atoms with Crippen LogP contribution in [0.5, 0.6) is 0 Å². The minimum absolute atomic E-state index is 0.262. The lowest BCUT2D eigenvalue weighted by Crippen LogP contribution is -2.00. The molecule has 20 heavy (non-hydrogen) atoms. The third kappa shape index (κ3) is 2.18. The number of benzene rings is 2. The predicted molar refractivity (Wildman–Crippen MR) is 81.8 cm³/mol. The Kier molecular flexibility index (Phi) is 3.24. The number of carboxylic acids is 1. The summed E-state index contributed by atoms with van der Waals surface area (Å²) in [6.07, 6.45) is 3.48. The van der Waals surface area contributed by atoms with E-state index in [1.54, 1.807) is 24.5 Å². The summed E-state index contributed by atoms with van der Waals surface area (Å²) >= 11 is 3.31. The molecule has 0 aliphatic carbocycles. The fourth-order valence-electron chi connectivity index (χ4n) is 2.26. The van der Waals surface area contributed by atoms with E-state index in [1.807, 2.05) is 30.3 Å². The fraction of sp³-hybridized carbons (Fsp3) is 0. The first-order chi connectivity index (χ1) is 9.66. The van der Waals surface area contributed by atoms with Crippen molar-refractivity contribution in [3.63, 3.8) is 0 Å². The number of nitrogens with zero attached hydrogens (tertiary/aromatic N) is 1. The number of carboxylic acid groups (broad SMARTS) is 1. The number of carbonyl (C=O) groups is 1. The van der Waals surface area contributed by atoms with Crippen molar-refractivity contribution in [2.24, 2.45) is 0 Å². The van der Waals surface area contributed by atoms with Crippen LogP contribution in [0.25, 0.3) is 21.9 Å². The molecule has 0 saturated heterocycles. The lowest BCUT2D eigenvalue weighted by molar-refractivity contribution is 0.0697. The normalized spacial score (nSPS) is 10.7. The second-order valence-corrected chi connectivity index (χ2v) is 5.32. The number of pyridine rings is 1. The van der Waals surface area contributed by atoms with E-state index in [9.17, 15) is 9.90 Å². The van der Waals surface area contributed by atoms with Crippen LogP contribution in [0, 0.1) is 0 Å². The minimum atomic E-state index is -0.950. The first-order valence-corrected chi connectivity index (χ1v) is 6.82. The molecule has 0 aliphatic rings. The van der Waals surface area contributed by atoms with E-state index in [4.69, 9.17) is 0 Å². The smallest absolute Gasteiger partial charge is 0.336 e. The Morgan fingerprint density at radius 1 is 1.05 bits per heavy atom. The molecule has 0 aliphatic heterocycles. The molecule has 0 radical (unpaired) electrons. The summed E-state index contributed by atoms with van der Waals surface area (Å²) in [5.74, 6) is -0.950. The number of hydrogen-bond donors (Lipinski definition) is 1. The zero-order chi connectivity index (χ0) is 14.1. The molecule has 2 aromatic carbocycles. The van der Waals surface area contributed by atoms with E-state index < -0.39 is 5.97 Å². The van der Waals surface area contributed by atoms with E-state index in [1.165, 1.54) is 0 Å². The van der Waals surface area contributed by atoms with Gasteiger partial charge < -0.3 is 5.11 Å². The number of fused-ring (bicyclic) bond motifs is 1. The summed E-state index contributed by atoms with van der Waals surface area (Å²) in [6.45, 7) is 0. The Labute approximate surface area is 124 Å². The number of rotatable bonds is 2. The average Bonchev–Trinajstić information content (AvgIpc) is 2.46. The van der Waals surface area contributed by atoms with Crippen LogP contribution in [-0.4, -0.2) is 16.1 Å². The van der Waals surface area contributed by atoms with Gasteiger partial charge in [-0.05, 0) is 23.1 Å². The molecule has 98 valence electrons. The van der Waals surface area contributed by atoms with Crippen molar-refractivity contribution in [2.45, 2.75) is 0 Å². The Morgan fingerprint density at radius 2 is 1.85 bits per heavy atom. The Bertz CT molecular complexity index is 809. The topological polar surface area (TPSA) is 50.2 Å². The first-order valence-electron chi connectivity index (χ1n) is 6.03. The molecular formula is C16H10BrNO2. The Balaban J connectivity index is 2.34. The molecule has 0 unspecified atom stereocenters. The van der Waals surface area contributed by atoms with Gasteiger partial charge in [-0.15, -0.1) is 0 Å². The van der Waals surface area contributed by atoms with Crippen molar-refractivity contribution in [1.82, 2.24) is 4.98 Å². The third-order valence-corrected chi connectivity index (χ3v) is 3.66. The maximum Gasteiger partial charge on any atom is 0.336 e. The van der Waals surface area contributed by atoms with Gasteiger partial charge in [0.25, 0.3) is 0 Å². The van der Waals surface area contributed by atoms with Crippen molar-refractivity contribution >= 4 is 32.7 Å². The van der Waals surface area contributed by atoms with Crippen molar-refractivity contribution in [3.8, 4) is 11.1 Å². The molecule has 0 bridgehead atoms. The van der Waals surface area contributed by atoms with Gasteiger partial charge in [0, 0.05) is 27.8 Å². The van der Waals surface area contributed by atoms with Gasteiger partial charge in [-0.1, -0.05) is 46.3 Å². The van der Waals surface area contributed by atoms with E-state index >= 15 is 0 Å². The number of aromatic nitrogens is 1. The van der Waals surface area contributed by atoms with E-state index in [-0.39, 0.29) is 5.56 Å². The second-order valence-electron chi connectivity index (χ2n) is 4.40. The standard InChI is InChI=1S/C16H10BrNO2/c17-11-5-6-13(14(7-11)16(19)20)15-9-18-8-10-3-1-2-4-12(10)15/h1-9H,(H,19,20). The van der Waals surface area contributed by atoms with Crippen molar-refractivity contribution in [2.75, 3.05) is 0 Å². The Hall–Kier alpha value is -2.20. The van der Waals surface area contributed by atoms with Crippen molar-refractivity contribution in [1.29, 1.82) is 0 Å². The van der Waals surface area contributed by atoms with Gasteiger partial charge in [0.1, 0.15) is 0 Å². The summed E-state index contributed by atoms with van der Waals surface area (Å²) < 4.78 is 0.742. The number of aromatic carboxylic acids is 1. The SMILES string of the molecule is O=C(O)c1cc(Br)ccc1-c1cncc2ccccc12. The summed E-state index contributed by atoms with van der Waals surface area (Å²) in [5, 5.41) is 11.4. The zero-order valence-corrected chi connectivity index (χ0v) is 12.0. The van der Waals surface area contributed by atoms with Gasteiger partial charge in [-0.3, -0.25) is 4.98 Å². The fourth-order valence-corrected chi connectivity index (χ4v) is 2.62. The highest BCUT2D eigenvalue weighted by molar-refractivity contribution is 9.10. The van der Waals surface area contributed by atoms with Gasteiger partial charge in [0.05, 0.1) is 5.56 Å². The first kappa shape index (κ1) is 12.8. The quantitative estimate of drug-likeness (QED) is 0.760.